The van der Waals surface area contributed by atoms with Gasteiger partial charge in [0.25, 0.3) is 0 Å². The fourth-order valence-electron chi connectivity index (χ4n) is 3.96. The molecule has 0 unspecified atom stereocenters. The molecule has 1 N–H and O–H groups in total. The van der Waals surface area contributed by atoms with Crippen molar-refractivity contribution in [2.45, 2.75) is 26.7 Å². The van der Waals surface area contributed by atoms with Crippen LogP contribution in [0.25, 0.3) is 16.0 Å². The smallest absolute Gasteiger partial charge is 0.229 e. The van der Waals surface area contributed by atoms with Crippen molar-refractivity contribution in [3.8, 4) is 5.82 Å². The summed E-state index contributed by atoms with van der Waals surface area (Å²) in [6.45, 7) is 5.50. The number of aromatic nitrogens is 5. The van der Waals surface area contributed by atoms with Gasteiger partial charge in [0.2, 0.25) is 5.91 Å². The van der Waals surface area contributed by atoms with Crippen LogP contribution in [0.4, 0.5) is 10.9 Å². The number of amides is 1. The van der Waals surface area contributed by atoms with Crippen molar-refractivity contribution in [1.82, 2.24) is 25.0 Å². The average molecular weight is 434 g/mol. The summed E-state index contributed by atoms with van der Waals surface area (Å²) in [4.78, 5) is 19.4. The Kier molecular flexibility index (Phi) is 5.11. The molecule has 4 aromatic rings. The Morgan fingerprint density at radius 2 is 1.81 bits per heavy atom. The molecule has 1 aromatic carbocycles. The van der Waals surface area contributed by atoms with Gasteiger partial charge in [0.05, 0.1) is 15.9 Å². The number of anilines is 2. The molecule has 5 rings (SSSR count). The van der Waals surface area contributed by atoms with Gasteiger partial charge in [0, 0.05) is 24.7 Å². The maximum absolute atomic E-state index is 12.7. The summed E-state index contributed by atoms with van der Waals surface area (Å²) in [5.74, 6) is 1.56. The molecule has 0 spiro atoms. The number of aryl methyl sites for hydroxylation is 2. The summed E-state index contributed by atoms with van der Waals surface area (Å²) < 4.78 is 2.88. The van der Waals surface area contributed by atoms with Gasteiger partial charge in [-0.1, -0.05) is 23.5 Å². The van der Waals surface area contributed by atoms with Gasteiger partial charge in [-0.15, -0.1) is 10.2 Å². The number of nitrogens with zero attached hydrogens (tertiary/aromatic N) is 6. The first-order valence-electron chi connectivity index (χ1n) is 10.4. The molecule has 0 saturated carbocycles. The Morgan fingerprint density at radius 3 is 2.48 bits per heavy atom. The second-order valence-electron chi connectivity index (χ2n) is 7.83. The van der Waals surface area contributed by atoms with E-state index in [1.807, 2.05) is 56.3 Å². The SMILES string of the molecule is Cc1cc(C)n(-c2ccc(N3CCC(C(=O)Nc4nc5ccccc5s4)CC3)nn2)n1. The molecular formula is C22H23N7OS. The molecule has 0 aliphatic carbocycles. The Balaban J connectivity index is 1.20. The minimum Gasteiger partial charge on any atom is -0.355 e. The number of hydrogen-bond acceptors (Lipinski definition) is 7. The lowest BCUT2D eigenvalue weighted by atomic mass is 9.96. The zero-order chi connectivity index (χ0) is 21.4. The van der Waals surface area contributed by atoms with Crippen molar-refractivity contribution in [2.24, 2.45) is 5.92 Å². The van der Waals surface area contributed by atoms with E-state index in [1.165, 1.54) is 11.3 Å². The molecule has 3 aromatic heterocycles. The topological polar surface area (TPSA) is 88.8 Å². The van der Waals surface area contributed by atoms with Crippen molar-refractivity contribution in [3.63, 3.8) is 0 Å². The zero-order valence-electron chi connectivity index (χ0n) is 17.4. The highest BCUT2D eigenvalue weighted by Gasteiger charge is 2.26. The Hall–Kier alpha value is -3.33. The van der Waals surface area contributed by atoms with E-state index in [0.29, 0.717) is 10.9 Å². The molecule has 1 fully saturated rings. The van der Waals surface area contributed by atoms with E-state index in [0.717, 1.165) is 53.4 Å². The number of thiazole rings is 1. The van der Waals surface area contributed by atoms with Crippen LogP contribution >= 0.6 is 11.3 Å². The van der Waals surface area contributed by atoms with Crippen LogP contribution in [-0.2, 0) is 4.79 Å². The average Bonchev–Trinajstić information content (AvgIpc) is 3.35. The number of benzene rings is 1. The van der Waals surface area contributed by atoms with E-state index < -0.39 is 0 Å². The quantitative estimate of drug-likeness (QED) is 0.527. The van der Waals surface area contributed by atoms with Crippen molar-refractivity contribution in [2.75, 3.05) is 23.3 Å². The van der Waals surface area contributed by atoms with E-state index in [4.69, 9.17) is 0 Å². The lowest BCUT2D eigenvalue weighted by molar-refractivity contribution is -0.120. The normalized spacial score (nSPS) is 14.8. The highest BCUT2D eigenvalue weighted by molar-refractivity contribution is 7.22. The van der Waals surface area contributed by atoms with Crippen LogP contribution < -0.4 is 10.2 Å². The number of hydrogen-bond donors (Lipinski definition) is 1. The largest absolute Gasteiger partial charge is 0.355 e. The van der Waals surface area contributed by atoms with Gasteiger partial charge in [-0.25, -0.2) is 9.67 Å². The number of piperidine rings is 1. The Labute approximate surface area is 183 Å². The fourth-order valence-corrected chi connectivity index (χ4v) is 4.83. The van der Waals surface area contributed by atoms with E-state index in [-0.39, 0.29) is 11.8 Å². The van der Waals surface area contributed by atoms with E-state index in [1.54, 1.807) is 4.68 Å². The molecule has 1 amide bonds. The number of rotatable bonds is 4. The second kappa shape index (κ2) is 8.07. The Bertz CT molecular complexity index is 1190. The molecule has 0 atom stereocenters. The lowest BCUT2D eigenvalue weighted by Crippen LogP contribution is -2.38. The third-order valence-electron chi connectivity index (χ3n) is 5.58. The molecule has 1 saturated heterocycles. The van der Waals surface area contributed by atoms with E-state index in [2.05, 4.69) is 30.5 Å². The summed E-state index contributed by atoms with van der Waals surface area (Å²) in [6.07, 6.45) is 1.55. The molecule has 31 heavy (non-hydrogen) atoms. The van der Waals surface area contributed by atoms with Crippen molar-refractivity contribution >= 4 is 38.4 Å². The number of fused-ring (bicyclic) bond motifs is 1. The van der Waals surface area contributed by atoms with Gasteiger partial charge >= 0.3 is 0 Å². The number of para-hydroxylation sites is 1. The van der Waals surface area contributed by atoms with Gasteiger partial charge in [0.1, 0.15) is 0 Å². The summed E-state index contributed by atoms with van der Waals surface area (Å²) >= 11 is 1.51. The first kappa shape index (κ1) is 19.6. The van der Waals surface area contributed by atoms with Crippen molar-refractivity contribution in [1.29, 1.82) is 0 Å². The monoisotopic (exact) mass is 433 g/mol. The molecule has 1 aliphatic heterocycles. The maximum atomic E-state index is 12.7. The summed E-state index contributed by atoms with van der Waals surface area (Å²) in [6, 6.07) is 13.8. The predicted molar refractivity (Wildman–Crippen MR) is 122 cm³/mol. The van der Waals surface area contributed by atoms with Gasteiger partial charge in [-0.05, 0) is 57.0 Å². The predicted octanol–water partition coefficient (Wildman–Crippen LogP) is 3.74. The number of carbonyl (C=O) groups is 1. The minimum absolute atomic E-state index is 0.0230. The molecule has 158 valence electrons. The number of carbonyl (C=O) groups excluding carboxylic acids is 1. The van der Waals surface area contributed by atoms with Crippen LogP contribution in [0.2, 0.25) is 0 Å². The summed E-state index contributed by atoms with van der Waals surface area (Å²) in [5, 5.41) is 16.9. The Morgan fingerprint density at radius 1 is 1.06 bits per heavy atom. The third kappa shape index (κ3) is 4.00. The van der Waals surface area contributed by atoms with Crippen LogP contribution in [0.3, 0.4) is 0 Å². The number of nitrogens with one attached hydrogen (secondary N) is 1. The first-order chi connectivity index (χ1) is 15.1. The van der Waals surface area contributed by atoms with Gasteiger partial charge < -0.3 is 10.2 Å². The minimum atomic E-state index is -0.0230. The van der Waals surface area contributed by atoms with Crippen LogP contribution in [0.5, 0.6) is 0 Å². The second-order valence-corrected chi connectivity index (χ2v) is 8.86. The maximum Gasteiger partial charge on any atom is 0.229 e. The molecule has 1 aliphatic rings. The molecule has 9 heteroatoms. The van der Waals surface area contributed by atoms with Crippen molar-refractivity contribution < 1.29 is 4.79 Å². The van der Waals surface area contributed by atoms with Gasteiger partial charge in [-0.2, -0.15) is 5.10 Å². The van der Waals surface area contributed by atoms with Gasteiger partial charge in [-0.3, -0.25) is 4.79 Å². The third-order valence-corrected chi connectivity index (χ3v) is 6.53. The van der Waals surface area contributed by atoms with Gasteiger partial charge in [0.15, 0.2) is 16.8 Å². The fraction of sp³-hybridized carbons (Fsp3) is 0.318. The molecule has 8 nitrogen and oxygen atoms in total. The lowest BCUT2D eigenvalue weighted by Gasteiger charge is -2.31. The zero-order valence-corrected chi connectivity index (χ0v) is 18.3. The van der Waals surface area contributed by atoms with Crippen LogP contribution in [-0.4, -0.2) is 44.0 Å². The van der Waals surface area contributed by atoms with Crippen LogP contribution in [0.15, 0.2) is 42.5 Å². The highest BCUT2D eigenvalue weighted by atomic mass is 32.1. The molecular weight excluding hydrogens is 410 g/mol. The summed E-state index contributed by atoms with van der Waals surface area (Å²) in [7, 11) is 0. The van der Waals surface area contributed by atoms with Crippen molar-refractivity contribution in [3.05, 3.63) is 53.9 Å². The molecule has 0 bridgehead atoms. The first-order valence-corrected chi connectivity index (χ1v) is 11.2. The molecule has 0 radical (unpaired) electrons. The summed E-state index contributed by atoms with van der Waals surface area (Å²) in [5.41, 5.74) is 2.90. The van der Waals surface area contributed by atoms with Crippen LogP contribution in [0, 0.1) is 19.8 Å². The molecule has 4 heterocycles. The highest BCUT2D eigenvalue weighted by Crippen LogP contribution is 2.28. The van der Waals surface area contributed by atoms with E-state index in [9.17, 15) is 4.79 Å². The standard InChI is InChI=1S/C22H23N7OS/c1-14-13-15(2)29(27-14)20-8-7-19(25-26-20)28-11-9-16(10-12-28)21(30)24-22-23-17-5-3-4-6-18(17)31-22/h3-8,13,16H,9-12H2,1-2H3,(H,23,24,30). The van der Waals surface area contributed by atoms with Crippen LogP contribution in [0.1, 0.15) is 24.2 Å². The van der Waals surface area contributed by atoms with E-state index >= 15 is 0 Å².